The molecule has 1 aromatic carbocycles. The Morgan fingerprint density at radius 3 is 2.56 bits per heavy atom. The molecule has 9 nitrogen and oxygen atoms in total. The Morgan fingerprint density at radius 2 is 1.85 bits per heavy atom. The molecule has 0 atom stereocenters. The molecule has 2 aliphatic heterocycles. The molecule has 0 radical (unpaired) electrons. The van der Waals surface area contributed by atoms with E-state index in [1.807, 2.05) is 6.07 Å². The standard InChI is InChI=1S/C17H17N7O2S/c18-11-13-5-6-17(21-20-13)24-9-7-23(8-10-24)12-16-19-14-3-1-2-4-15(14)27(25,26)22-16/h1-6H,7-10,12H2,(H,19,22). The highest BCUT2D eigenvalue weighted by Crippen LogP contribution is 2.26. The molecule has 2 aromatic rings. The number of rotatable bonds is 3. The Morgan fingerprint density at radius 1 is 1.07 bits per heavy atom. The lowest BCUT2D eigenvalue weighted by molar-refractivity contribution is 0.291. The highest BCUT2D eigenvalue weighted by atomic mass is 32.2. The quantitative estimate of drug-likeness (QED) is 0.823. The molecule has 10 heteroatoms. The summed E-state index contributed by atoms with van der Waals surface area (Å²) in [5.41, 5.74) is 0.856. The van der Waals surface area contributed by atoms with Gasteiger partial charge in [0.1, 0.15) is 16.8 Å². The van der Waals surface area contributed by atoms with E-state index in [-0.39, 0.29) is 4.90 Å². The van der Waals surface area contributed by atoms with Crippen LogP contribution < -0.4 is 10.2 Å². The topological polar surface area (TPSA) is 115 Å². The molecule has 0 bridgehead atoms. The monoisotopic (exact) mass is 383 g/mol. The Kier molecular flexibility index (Phi) is 4.47. The van der Waals surface area contributed by atoms with E-state index in [9.17, 15) is 8.42 Å². The van der Waals surface area contributed by atoms with E-state index in [1.165, 1.54) is 0 Å². The van der Waals surface area contributed by atoms with Gasteiger partial charge in [-0.1, -0.05) is 12.1 Å². The zero-order valence-corrected chi connectivity index (χ0v) is 15.2. The van der Waals surface area contributed by atoms with E-state index in [2.05, 4.69) is 29.7 Å². The summed E-state index contributed by atoms with van der Waals surface area (Å²) in [6, 6.07) is 12.2. The first-order valence-corrected chi connectivity index (χ1v) is 9.90. The number of hydrogen-bond acceptors (Lipinski definition) is 8. The normalized spacial score (nSPS) is 18.8. The lowest BCUT2D eigenvalue weighted by Crippen LogP contribution is -2.49. The molecule has 2 aliphatic rings. The second kappa shape index (κ2) is 6.94. The Hall–Kier alpha value is -3.03. The maximum absolute atomic E-state index is 12.3. The number of amidine groups is 1. The number of sulfonamides is 1. The second-order valence-electron chi connectivity index (χ2n) is 6.29. The SMILES string of the molecule is N#Cc1ccc(N2CCN(CC3=NS(=O)(=O)c4ccccc4N3)CC2)nn1. The Labute approximate surface area is 157 Å². The van der Waals surface area contributed by atoms with Gasteiger partial charge in [0.05, 0.1) is 12.2 Å². The largest absolute Gasteiger partial charge is 0.353 e. The van der Waals surface area contributed by atoms with Gasteiger partial charge in [0.2, 0.25) is 0 Å². The van der Waals surface area contributed by atoms with Crippen LogP contribution in [0.1, 0.15) is 5.69 Å². The molecule has 0 aliphatic carbocycles. The summed E-state index contributed by atoms with van der Waals surface area (Å²) >= 11 is 0. The van der Waals surface area contributed by atoms with E-state index in [0.717, 1.165) is 32.0 Å². The lowest BCUT2D eigenvalue weighted by Gasteiger charge is -2.35. The average Bonchev–Trinajstić information content (AvgIpc) is 2.68. The molecule has 0 saturated carbocycles. The molecule has 4 rings (SSSR count). The van der Waals surface area contributed by atoms with Crippen molar-refractivity contribution in [2.75, 3.05) is 42.9 Å². The first kappa shape index (κ1) is 17.4. The van der Waals surface area contributed by atoms with E-state index in [0.29, 0.717) is 23.8 Å². The number of nitriles is 1. The van der Waals surface area contributed by atoms with Crippen molar-refractivity contribution < 1.29 is 8.42 Å². The molecule has 0 unspecified atom stereocenters. The number of piperazine rings is 1. The highest BCUT2D eigenvalue weighted by Gasteiger charge is 2.26. The smallest absolute Gasteiger partial charge is 0.286 e. The number of anilines is 2. The van der Waals surface area contributed by atoms with Gasteiger partial charge in [-0.2, -0.15) is 13.7 Å². The van der Waals surface area contributed by atoms with Crippen molar-refractivity contribution in [2.24, 2.45) is 4.40 Å². The van der Waals surface area contributed by atoms with E-state index >= 15 is 0 Å². The fourth-order valence-corrected chi connectivity index (χ4v) is 4.28. The summed E-state index contributed by atoms with van der Waals surface area (Å²) in [6.45, 7) is 3.38. The summed E-state index contributed by atoms with van der Waals surface area (Å²) in [5.74, 6) is 1.17. The number of nitrogens with zero attached hydrogens (tertiary/aromatic N) is 6. The minimum Gasteiger partial charge on any atom is -0.353 e. The van der Waals surface area contributed by atoms with Crippen LogP contribution in [0.2, 0.25) is 0 Å². The van der Waals surface area contributed by atoms with E-state index in [1.54, 1.807) is 36.4 Å². The summed E-state index contributed by atoms with van der Waals surface area (Å²) in [6.07, 6.45) is 0. The molecular formula is C17H17N7O2S. The molecule has 1 N–H and O–H groups in total. The van der Waals surface area contributed by atoms with Crippen LogP contribution >= 0.6 is 0 Å². The number of nitrogens with one attached hydrogen (secondary N) is 1. The maximum Gasteiger partial charge on any atom is 0.286 e. The molecule has 138 valence electrons. The van der Waals surface area contributed by atoms with Crippen LogP contribution in [0.4, 0.5) is 11.5 Å². The van der Waals surface area contributed by atoms with Crippen molar-refractivity contribution in [1.29, 1.82) is 5.26 Å². The van der Waals surface area contributed by atoms with Gasteiger partial charge in [-0.3, -0.25) is 4.90 Å². The predicted molar refractivity (Wildman–Crippen MR) is 100 cm³/mol. The van der Waals surface area contributed by atoms with Crippen LogP contribution in [0, 0.1) is 11.3 Å². The van der Waals surface area contributed by atoms with Crippen LogP contribution in [0.5, 0.6) is 0 Å². The Balaban J connectivity index is 1.40. The van der Waals surface area contributed by atoms with Gasteiger partial charge in [0.25, 0.3) is 10.0 Å². The van der Waals surface area contributed by atoms with Gasteiger partial charge in [-0.25, -0.2) is 0 Å². The summed E-state index contributed by atoms with van der Waals surface area (Å²) < 4.78 is 28.6. The molecule has 1 fully saturated rings. The van der Waals surface area contributed by atoms with Crippen LogP contribution in [0.3, 0.4) is 0 Å². The van der Waals surface area contributed by atoms with Crippen LogP contribution in [-0.4, -0.2) is 62.1 Å². The van der Waals surface area contributed by atoms with Crippen LogP contribution in [0.15, 0.2) is 45.7 Å². The molecular weight excluding hydrogens is 366 g/mol. The minimum atomic E-state index is -3.66. The van der Waals surface area contributed by atoms with Gasteiger partial charge < -0.3 is 10.2 Å². The van der Waals surface area contributed by atoms with Crippen molar-refractivity contribution in [2.45, 2.75) is 4.90 Å². The zero-order valence-electron chi connectivity index (χ0n) is 14.4. The number of para-hydroxylation sites is 1. The fourth-order valence-electron chi connectivity index (χ4n) is 3.14. The van der Waals surface area contributed by atoms with Gasteiger partial charge in [0.15, 0.2) is 11.5 Å². The second-order valence-corrected chi connectivity index (χ2v) is 7.86. The van der Waals surface area contributed by atoms with Crippen molar-refractivity contribution in [3.05, 3.63) is 42.1 Å². The third-order valence-electron chi connectivity index (χ3n) is 4.51. The average molecular weight is 383 g/mol. The molecule has 3 heterocycles. The van der Waals surface area contributed by atoms with Crippen LogP contribution in [-0.2, 0) is 10.0 Å². The summed E-state index contributed by atoms with van der Waals surface area (Å²) in [7, 11) is -3.66. The van der Waals surface area contributed by atoms with Crippen molar-refractivity contribution in [1.82, 2.24) is 15.1 Å². The zero-order chi connectivity index (χ0) is 18.9. The van der Waals surface area contributed by atoms with E-state index < -0.39 is 10.0 Å². The van der Waals surface area contributed by atoms with Crippen molar-refractivity contribution in [3.8, 4) is 6.07 Å². The summed E-state index contributed by atoms with van der Waals surface area (Å²) in [5, 5.41) is 19.9. The third kappa shape index (κ3) is 3.60. The fraction of sp³-hybridized carbons (Fsp3) is 0.294. The number of aromatic nitrogens is 2. The molecule has 1 saturated heterocycles. The number of benzene rings is 1. The molecule has 27 heavy (non-hydrogen) atoms. The number of hydrogen-bond donors (Lipinski definition) is 1. The van der Waals surface area contributed by atoms with Gasteiger partial charge in [-0.15, -0.1) is 14.6 Å². The first-order chi connectivity index (χ1) is 13.0. The lowest BCUT2D eigenvalue weighted by atomic mass is 10.3. The summed E-state index contributed by atoms with van der Waals surface area (Å²) in [4.78, 5) is 4.44. The molecule has 1 aromatic heterocycles. The predicted octanol–water partition coefficient (Wildman–Crippen LogP) is 0.683. The van der Waals surface area contributed by atoms with Gasteiger partial charge in [0, 0.05) is 26.2 Å². The van der Waals surface area contributed by atoms with Gasteiger partial charge >= 0.3 is 0 Å². The molecule has 0 amide bonds. The minimum absolute atomic E-state index is 0.206. The van der Waals surface area contributed by atoms with Gasteiger partial charge in [-0.05, 0) is 24.3 Å². The van der Waals surface area contributed by atoms with Crippen molar-refractivity contribution >= 4 is 27.4 Å². The highest BCUT2D eigenvalue weighted by molar-refractivity contribution is 7.90. The molecule has 0 spiro atoms. The van der Waals surface area contributed by atoms with Crippen LogP contribution in [0.25, 0.3) is 0 Å². The Bertz CT molecular complexity index is 1020. The van der Waals surface area contributed by atoms with E-state index in [4.69, 9.17) is 5.26 Å². The maximum atomic E-state index is 12.3. The number of fused-ring (bicyclic) bond motifs is 1. The first-order valence-electron chi connectivity index (χ1n) is 8.46. The third-order valence-corrected chi connectivity index (χ3v) is 5.88. The van der Waals surface area contributed by atoms with Crippen molar-refractivity contribution in [3.63, 3.8) is 0 Å².